The molecule has 0 saturated heterocycles. The zero-order chi connectivity index (χ0) is 15.8. The topological polar surface area (TPSA) is 41.5 Å². The highest BCUT2D eigenvalue weighted by Gasteiger charge is 2.31. The molecule has 116 valence electrons. The molecular formula is C19H17ClN2O. The number of hydrogen-bond donors (Lipinski definition) is 1. The molecule has 2 aromatic rings. The van der Waals surface area contributed by atoms with Crippen molar-refractivity contribution in [2.24, 2.45) is 10.9 Å². The Morgan fingerprint density at radius 3 is 2.65 bits per heavy atom. The fourth-order valence-electron chi connectivity index (χ4n) is 2.97. The van der Waals surface area contributed by atoms with Crippen LogP contribution < -0.4 is 5.32 Å². The maximum Gasteiger partial charge on any atom is 0.246 e. The molecule has 0 spiro atoms. The van der Waals surface area contributed by atoms with Gasteiger partial charge in [0.05, 0.1) is 16.8 Å². The number of nitrogens with one attached hydrogen (secondary N) is 1. The van der Waals surface area contributed by atoms with E-state index >= 15 is 0 Å². The number of fused-ring (bicyclic) bond motifs is 1. The van der Waals surface area contributed by atoms with Crippen molar-refractivity contribution in [2.75, 3.05) is 11.9 Å². The Hall–Kier alpha value is -2.13. The van der Waals surface area contributed by atoms with E-state index in [0.29, 0.717) is 5.92 Å². The molecule has 1 amide bonds. The van der Waals surface area contributed by atoms with Crippen molar-refractivity contribution < 1.29 is 4.79 Å². The van der Waals surface area contributed by atoms with Gasteiger partial charge in [-0.05, 0) is 36.5 Å². The predicted molar refractivity (Wildman–Crippen MR) is 93.3 cm³/mol. The normalized spacial score (nSPS) is 18.5. The van der Waals surface area contributed by atoms with Crippen LogP contribution in [0.4, 0.5) is 5.69 Å². The second-order valence-electron chi connectivity index (χ2n) is 6.12. The molecule has 1 atom stereocenters. The summed E-state index contributed by atoms with van der Waals surface area (Å²) in [4.78, 5) is 16.5. The number of aliphatic imine (C=N–C) groups is 1. The Balaban J connectivity index is 1.82. The van der Waals surface area contributed by atoms with Gasteiger partial charge in [-0.3, -0.25) is 9.79 Å². The second kappa shape index (κ2) is 5.82. The van der Waals surface area contributed by atoms with Gasteiger partial charge in [0, 0.05) is 11.1 Å². The molecule has 2 aromatic carbocycles. The summed E-state index contributed by atoms with van der Waals surface area (Å²) in [6.07, 6.45) is 2.39. The molecule has 1 fully saturated rings. The third-order valence-electron chi connectivity index (χ3n) is 4.36. The molecule has 1 aliphatic carbocycles. The van der Waals surface area contributed by atoms with Crippen LogP contribution in [0.15, 0.2) is 53.5 Å². The van der Waals surface area contributed by atoms with Crippen molar-refractivity contribution in [1.29, 1.82) is 0 Å². The molecule has 0 aromatic heterocycles. The van der Waals surface area contributed by atoms with Crippen molar-refractivity contribution in [3.05, 3.63) is 65.2 Å². The van der Waals surface area contributed by atoms with E-state index in [4.69, 9.17) is 11.6 Å². The molecule has 3 nitrogen and oxygen atoms in total. The number of alkyl halides is 1. The summed E-state index contributed by atoms with van der Waals surface area (Å²) in [6.45, 7) is 0.140. The lowest BCUT2D eigenvalue weighted by molar-refractivity contribution is -0.114. The Morgan fingerprint density at radius 1 is 1.13 bits per heavy atom. The Morgan fingerprint density at radius 2 is 1.91 bits per heavy atom. The summed E-state index contributed by atoms with van der Waals surface area (Å²) >= 11 is 6.58. The first kappa shape index (κ1) is 14.5. The zero-order valence-electron chi connectivity index (χ0n) is 12.6. The number of anilines is 1. The van der Waals surface area contributed by atoms with E-state index in [-0.39, 0.29) is 17.8 Å². The minimum Gasteiger partial charge on any atom is -0.324 e. The first-order valence-electron chi connectivity index (χ1n) is 7.90. The van der Waals surface area contributed by atoms with Gasteiger partial charge in [-0.1, -0.05) is 36.4 Å². The average molecular weight is 325 g/mol. The van der Waals surface area contributed by atoms with E-state index in [1.165, 1.54) is 12.8 Å². The highest BCUT2D eigenvalue weighted by Crippen LogP contribution is 2.45. The monoisotopic (exact) mass is 324 g/mol. The number of rotatable bonds is 3. The fraction of sp³-hybridized carbons (Fsp3) is 0.263. The molecule has 2 aliphatic rings. The zero-order valence-corrected chi connectivity index (χ0v) is 13.4. The largest absolute Gasteiger partial charge is 0.324 e. The quantitative estimate of drug-likeness (QED) is 0.846. The first-order valence-corrected chi connectivity index (χ1v) is 8.34. The van der Waals surface area contributed by atoms with Crippen LogP contribution in [0.1, 0.15) is 34.9 Å². The van der Waals surface area contributed by atoms with Crippen LogP contribution in [0, 0.1) is 5.92 Å². The third-order valence-corrected chi connectivity index (χ3v) is 4.96. The van der Waals surface area contributed by atoms with Gasteiger partial charge in [0.2, 0.25) is 5.91 Å². The van der Waals surface area contributed by atoms with Gasteiger partial charge in [0.15, 0.2) is 0 Å². The van der Waals surface area contributed by atoms with Crippen LogP contribution in [-0.4, -0.2) is 18.2 Å². The number of benzodiazepines with no additional fused rings is 1. The SMILES string of the molecule is O=C1CN=C(c2ccccc2)c2cc(C(Cl)C3CC3)ccc2N1. The van der Waals surface area contributed by atoms with Gasteiger partial charge in [-0.2, -0.15) is 0 Å². The number of nitrogens with zero attached hydrogens (tertiary/aromatic N) is 1. The van der Waals surface area contributed by atoms with Gasteiger partial charge in [0.1, 0.15) is 6.54 Å². The van der Waals surface area contributed by atoms with Crippen LogP contribution >= 0.6 is 11.6 Å². The van der Waals surface area contributed by atoms with Crippen molar-refractivity contribution >= 4 is 28.9 Å². The third kappa shape index (κ3) is 2.89. The summed E-state index contributed by atoms with van der Waals surface area (Å²) in [5.74, 6) is 0.488. The molecule has 4 heteroatoms. The van der Waals surface area contributed by atoms with Crippen LogP contribution in [0.3, 0.4) is 0 Å². The number of benzene rings is 2. The molecule has 1 unspecified atom stereocenters. The van der Waals surface area contributed by atoms with Gasteiger partial charge in [-0.25, -0.2) is 0 Å². The summed E-state index contributed by atoms with van der Waals surface area (Å²) < 4.78 is 0. The van der Waals surface area contributed by atoms with Crippen molar-refractivity contribution in [3.8, 4) is 0 Å². The molecule has 4 rings (SSSR count). The van der Waals surface area contributed by atoms with Crippen molar-refractivity contribution in [3.63, 3.8) is 0 Å². The lowest BCUT2D eigenvalue weighted by Gasteiger charge is -2.15. The first-order chi connectivity index (χ1) is 11.2. The number of amides is 1. The van der Waals surface area contributed by atoms with Crippen LogP contribution in [0.5, 0.6) is 0 Å². The number of carbonyl (C=O) groups is 1. The summed E-state index contributed by atoms with van der Waals surface area (Å²) in [7, 11) is 0. The lowest BCUT2D eigenvalue weighted by Crippen LogP contribution is -2.13. The fourth-order valence-corrected chi connectivity index (χ4v) is 3.36. The standard InChI is InChI=1S/C19H17ClN2O/c20-18(12-6-7-12)14-8-9-16-15(10-14)19(21-11-17(23)22-16)13-4-2-1-3-5-13/h1-5,8-10,12,18H,6-7,11H2,(H,22,23). The smallest absolute Gasteiger partial charge is 0.246 e. The Kier molecular flexibility index (Phi) is 3.66. The molecule has 1 aliphatic heterocycles. The highest BCUT2D eigenvalue weighted by atomic mass is 35.5. The molecule has 1 heterocycles. The van der Waals surface area contributed by atoms with Gasteiger partial charge >= 0.3 is 0 Å². The summed E-state index contributed by atoms with van der Waals surface area (Å²) in [6, 6.07) is 16.0. The van der Waals surface area contributed by atoms with Gasteiger partial charge in [-0.15, -0.1) is 11.6 Å². The van der Waals surface area contributed by atoms with E-state index in [1.54, 1.807) is 0 Å². The predicted octanol–water partition coefficient (Wildman–Crippen LogP) is 4.17. The van der Waals surface area contributed by atoms with Crippen LogP contribution in [-0.2, 0) is 4.79 Å². The minimum absolute atomic E-state index is 0.0382. The molecule has 1 N–H and O–H groups in total. The van der Waals surface area contributed by atoms with E-state index in [2.05, 4.69) is 16.4 Å². The van der Waals surface area contributed by atoms with E-state index in [1.807, 2.05) is 42.5 Å². The van der Waals surface area contributed by atoms with Crippen LogP contribution in [0.25, 0.3) is 0 Å². The van der Waals surface area contributed by atoms with E-state index in [0.717, 1.165) is 28.1 Å². The second-order valence-corrected chi connectivity index (χ2v) is 6.59. The Bertz CT molecular complexity index is 781. The van der Waals surface area contributed by atoms with Gasteiger partial charge < -0.3 is 5.32 Å². The molecule has 0 radical (unpaired) electrons. The van der Waals surface area contributed by atoms with Crippen molar-refractivity contribution in [2.45, 2.75) is 18.2 Å². The number of halogens is 1. The van der Waals surface area contributed by atoms with Crippen LogP contribution in [0.2, 0.25) is 0 Å². The van der Waals surface area contributed by atoms with Gasteiger partial charge in [0.25, 0.3) is 0 Å². The average Bonchev–Trinajstić information content (AvgIpc) is 3.42. The maximum atomic E-state index is 11.9. The van der Waals surface area contributed by atoms with Crippen molar-refractivity contribution in [1.82, 2.24) is 0 Å². The summed E-state index contributed by atoms with van der Waals surface area (Å²) in [5.41, 5.74) is 4.72. The molecular weight excluding hydrogens is 308 g/mol. The number of carbonyl (C=O) groups excluding carboxylic acids is 1. The van der Waals surface area contributed by atoms with E-state index in [9.17, 15) is 4.79 Å². The highest BCUT2D eigenvalue weighted by molar-refractivity contribution is 6.22. The lowest BCUT2D eigenvalue weighted by atomic mass is 9.96. The molecule has 0 bridgehead atoms. The maximum absolute atomic E-state index is 11.9. The molecule has 1 saturated carbocycles. The summed E-state index contributed by atoms with van der Waals surface area (Å²) in [5, 5.41) is 2.97. The molecule has 23 heavy (non-hydrogen) atoms. The Labute approximate surface area is 140 Å². The minimum atomic E-state index is -0.0884. The van der Waals surface area contributed by atoms with E-state index < -0.39 is 0 Å². The number of hydrogen-bond acceptors (Lipinski definition) is 2.